The van der Waals surface area contributed by atoms with Gasteiger partial charge in [-0.15, -0.1) is 0 Å². The summed E-state index contributed by atoms with van der Waals surface area (Å²) in [5.41, 5.74) is 1.25. The topological polar surface area (TPSA) is 113 Å². The quantitative estimate of drug-likeness (QED) is 0.0722. The molecule has 0 aliphatic heterocycles. The molecule has 0 saturated carbocycles. The van der Waals surface area contributed by atoms with Gasteiger partial charge in [0.2, 0.25) is 0 Å². The summed E-state index contributed by atoms with van der Waals surface area (Å²) in [6.45, 7) is 6.19. The van der Waals surface area contributed by atoms with Crippen LogP contribution in [0.3, 0.4) is 0 Å². The van der Waals surface area contributed by atoms with Crippen molar-refractivity contribution in [3.05, 3.63) is 29.8 Å². The zero-order chi connectivity index (χ0) is 26.6. The molecule has 0 fully saturated rings. The third-order valence-electron chi connectivity index (χ3n) is 6.11. The van der Waals surface area contributed by atoms with Crippen LogP contribution >= 0.6 is 0 Å². The number of rotatable bonds is 21. The van der Waals surface area contributed by atoms with Gasteiger partial charge in [-0.1, -0.05) is 70.8 Å². The molecular weight excluding hydrogens is 460 g/mol. The molecule has 0 saturated heterocycles. The van der Waals surface area contributed by atoms with Crippen LogP contribution in [0.25, 0.3) is 0 Å². The minimum atomic E-state index is -0.474. The molecule has 7 heteroatoms. The number of aromatic hydroxyl groups is 3. The van der Waals surface area contributed by atoms with E-state index >= 15 is 0 Å². The van der Waals surface area contributed by atoms with Crippen LogP contribution in [0, 0.1) is 0 Å². The standard InChI is InChI=1S/C29H46O7/c1-23(2)29(34)36-20-16-12-8-4-3-7-11-15-19-35-27(32)18-14-10-6-5-9-13-17-24-21-25(30)28(33)26(31)22-24/h21-22,30-31,33H,1,3-20H2,2H3. The zero-order valence-corrected chi connectivity index (χ0v) is 22.1. The van der Waals surface area contributed by atoms with Crippen LogP contribution in [0.4, 0.5) is 0 Å². The van der Waals surface area contributed by atoms with E-state index in [-0.39, 0.29) is 23.4 Å². The van der Waals surface area contributed by atoms with Crippen molar-refractivity contribution in [2.45, 2.75) is 110 Å². The lowest BCUT2D eigenvalue weighted by Gasteiger charge is -2.07. The van der Waals surface area contributed by atoms with Crippen LogP contribution in [0.5, 0.6) is 17.2 Å². The minimum absolute atomic E-state index is 0.103. The summed E-state index contributed by atoms with van der Waals surface area (Å²) in [4.78, 5) is 23.1. The fourth-order valence-electron chi connectivity index (χ4n) is 3.92. The Hall–Kier alpha value is -2.70. The number of hydrogen-bond donors (Lipinski definition) is 3. The number of hydrogen-bond acceptors (Lipinski definition) is 7. The van der Waals surface area contributed by atoms with Crippen molar-refractivity contribution in [2.24, 2.45) is 0 Å². The highest BCUT2D eigenvalue weighted by Crippen LogP contribution is 2.35. The summed E-state index contributed by atoms with van der Waals surface area (Å²) < 4.78 is 10.4. The number of unbranched alkanes of at least 4 members (excludes halogenated alkanes) is 12. The number of phenols is 3. The number of esters is 2. The molecule has 0 aromatic heterocycles. The maximum Gasteiger partial charge on any atom is 0.333 e. The molecule has 3 N–H and O–H groups in total. The molecule has 1 rings (SSSR count). The number of aryl methyl sites for hydroxylation is 1. The zero-order valence-electron chi connectivity index (χ0n) is 22.1. The molecular formula is C29H46O7. The van der Waals surface area contributed by atoms with Crippen molar-refractivity contribution in [1.82, 2.24) is 0 Å². The number of benzene rings is 1. The van der Waals surface area contributed by atoms with E-state index in [2.05, 4.69) is 6.58 Å². The molecule has 0 aliphatic rings. The van der Waals surface area contributed by atoms with Crippen molar-refractivity contribution in [3.63, 3.8) is 0 Å². The maximum atomic E-state index is 11.8. The van der Waals surface area contributed by atoms with Crippen LogP contribution in [0.2, 0.25) is 0 Å². The summed E-state index contributed by atoms with van der Waals surface area (Å²) in [5.74, 6) is -1.47. The highest BCUT2D eigenvalue weighted by molar-refractivity contribution is 5.86. The molecule has 0 bridgehead atoms. The Morgan fingerprint density at radius 1 is 0.694 bits per heavy atom. The van der Waals surface area contributed by atoms with E-state index in [9.17, 15) is 24.9 Å². The van der Waals surface area contributed by atoms with Gasteiger partial charge >= 0.3 is 11.9 Å². The Balaban J connectivity index is 1.84. The molecule has 204 valence electrons. The molecule has 0 atom stereocenters. The fraction of sp³-hybridized carbons (Fsp3) is 0.655. The van der Waals surface area contributed by atoms with Crippen LogP contribution in [0.15, 0.2) is 24.3 Å². The Morgan fingerprint density at radius 2 is 1.14 bits per heavy atom. The minimum Gasteiger partial charge on any atom is -0.504 e. The Bertz CT molecular complexity index is 765. The van der Waals surface area contributed by atoms with Gasteiger partial charge in [0.1, 0.15) is 0 Å². The van der Waals surface area contributed by atoms with E-state index < -0.39 is 5.75 Å². The average molecular weight is 507 g/mol. The molecule has 7 nitrogen and oxygen atoms in total. The normalized spacial score (nSPS) is 10.8. The van der Waals surface area contributed by atoms with Crippen LogP contribution in [0.1, 0.15) is 109 Å². The number of ether oxygens (including phenoxy) is 2. The molecule has 36 heavy (non-hydrogen) atoms. The number of carbonyl (C=O) groups is 2. The van der Waals surface area contributed by atoms with Crippen LogP contribution in [-0.4, -0.2) is 40.5 Å². The van der Waals surface area contributed by atoms with Gasteiger partial charge in [-0.05, 0) is 56.7 Å². The van der Waals surface area contributed by atoms with E-state index in [0.29, 0.717) is 25.2 Å². The molecule has 1 aromatic rings. The predicted molar refractivity (Wildman–Crippen MR) is 141 cm³/mol. The lowest BCUT2D eigenvalue weighted by molar-refractivity contribution is -0.144. The monoisotopic (exact) mass is 506 g/mol. The second-order valence-electron chi connectivity index (χ2n) is 9.57. The lowest BCUT2D eigenvalue weighted by atomic mass is 10.0. The second kappa shape index (κ2) is 19.5. The molecule has 1 aromatic carbocycles. The largest absolute Gasteiger partial charge is 0.504 e. The van der Waals surface area contributed by atoms with E-state index in [1.807, 2.05) is 0 Å². The summed E-state index contributed by atoms with van der Waals surface area (Å²) in [5, 5.41) is 28.4. The molecule has 0 heterocycles. The molecule has 0 amide bonds. The van der Waals surface area contributed by atoms with E-state index in [1.54, 1.807) is 6.92 Å². The van der Waals surface area contributed by atoms with Gasteiger partial charge in [-0.3, -0.25) is 4.79 Å². The Kier molecular flexibility index (Phi) is 17.0. The molecule has 0 unspecified atom stereocenters. The van der Waals surface area contributed by atoms with Gasteiger partial charge in [-0.25, -0.2) is 4.79 Å². The first-order valence-electron chi connectivity index (χ1n) is 13.5. The fourth-order valence-corrected chi connectivity index (χ4v) is 3.92. The van der Waals surface area contributed by atoms with Gasteiger partial charge in [0.05, 0.1) is 13.2 Å². The SMILES string of the molecule is C=C(C)C(=O)OCCCCCCCCCCOC(=O)CCCCCCCCc1cc(O)c(O)c(O)c1. The second-order valence-corrected chi connectivity index (χ2v) is 9.57. The molecule has 0 spiro atoms. The summed E-state index contributed by atoms with van der Waals surface area (Å²) in [6.07, 6.45) is 15.8. The van der Waals surface area contributed by atoms with Gasteiger partial charge in [0, 0.05) is 12.0 Å². The lowest BCUT2D eigenvalue weighted by Crippen LogP contribution is -2.06. The number of carbonyl (C=O) groups excluding carboxylic acids is 2. The first kappa shape index (κ1) is 31.3. The van der Waals surface area contributed by atoms with Gasteiger partial charge < -0.3 is 24.8 Å². The van der Waals surface area contributed by atoms with Crippen LogP contribution < -0.4 is 0 Å². The van der Waals surface area contributed by atoms with Gasteiger partial charge in [0.25, 0.3) is 0 Å². The molecule has 0 aliphatic carbocycles. The smallest absolute Gasteiger partial charge is 0.333 e. The van der Waals surface area contributed by atoms with Crippen molar-refractivity contribution in [2.75, 3.05) is 13.2 Å². The maximum absolute atomic E-state index is 11.8. The van der Waals surface area contributed by atoms with E-state index in [4.69, 9.17) is 9.47 Å². The summed E-state index contributed by atoms with van der Waals surface area (Å²) in [6, 6.07) is 2.97. The Labute approximate surface area is 216 Å². The Morgan fingerprint density at radius 3 is 1.67 bits per heavy atom. The summed E-state index contributed by atoms with van der Waals surface area (Å²) >= 11 is 0. The highest BCUT2D eigenvalue weighted by atomic mass is 16.5. The third kappa shape index (κ3) is 15.3. The predicted octanol–water partition coefficient (Wildman–Crippen LogP) is 6.86. The first-order valence-corrected chi connectivity index (χ1v) is 13.5. The third-order valence-corrected chi connectivity index (χ3v) is 6.11. The number of phenolic OH excluding ortho intramolecular Hbond substituents is 3. The van der Waals surface area contributed by atoms with Gasteiger partial charge in [0.15, 0.2) is 17.2 Å². The van der Waals surface area contributed by atoms with Crippen molar-refractivity contribution in [3.8, 4) is 17.2 Å². The molecule has 0 radical (unpaired) electrons. The van der Waals surface area contributed by atoms with Gasteiger partial charge in [-0.2, -0.15) is 0 Å². The van der Waals surface area contributed by atoms with Crippen molar-refractivity contribution >= 4 is 11.9 Å². The highest BCUT2D eigenvalue weighted by Gasteiger charge is 2.08. The van der Waals surface area contributed by atoms with E-state index in [0.717, 1.165) is 89.0 Å². The van der Waals surface area contributed by atoms with E-state index in [1.165, 1.54) is 25.0 Å². The van der Waals surface area contributed by atoms with Crippen molar-refractivity contribution < 1.29 is 34.4 Å². The average Bonchev–Trinajstić information content (AvgIpc) is 2.84. The first-order chi connectivity index (χ1) is 17.3. The van der Waals surface area contributed by atoms with Crippen molar-refractivity contribution in [1.29, 1.82) is 0 Å². The van der Waals surface area contributed by atoms with Crippen LogP contribution in [-0.2, 0) is 25.5 Å². The summed E-state index contributed by atoms with van der Waals surface area (Å²) in [7, 11) is 0.